The lowest BCUT2D eigenvalue weighted by Gasteiger charge is -2.14. The zero-order valence-corrected chi connectivity index (χ0v) is 33.0. The van der Waals surface area contributed by atoms with Crippen LogP contribution < -0.4 is 21.4 Å². The van der Waals surface area contributed by atoms with Gasteiger partial charge in [0.15, 0.2) is 0 Å². The fourth-order valence-corrected chi connectivity index (χ4v) is 8.38. The SMILES string of the molecule is Cc1c(C)/c(=N/c2ccccc2)c2cc3c(ccc4c5cc6/c(=N/c7ccccc7)c(C)c(C)/c(=N\c7ccccc7)c6cc5ccc34)cc2c1=Nc1ccccc1. The average molecular weight is 745 g/mol. The second-order valence-corrected chi connectivity index (χ2v) is 15.1. The van der Waals surface area contributed by atoms with E-state index in [0.29, 0.717) is 0 Å². The molecule has 0 heterocycles. The smallest absolute Gasteiger partial charge is 0.0748 e. The molecule has 0 radical (unpaired) electrons. The lowest BCUT2D eigenvalue weighted by atomic mass is 9.91. The molecule has 0 atom stereocenters. The van der Waals surface area contributed by atoms with E-state index in [1.807, 2.05) is 72.8 Å². The molecule has 0 aliphatic rings. The van der Waals surface area contributed by atoms with Gasteiger partial charge in [0, 0.05) is 21.5 Å². The van der Waals surface area contributed by atoms with E-state index in [0.717, 1.165) is 98.7 Å². The number of para-hydroxylation sites is 4. The zero-order chi connectivity index (χ0) is 39.3. The van der Waals surface area contributed by atoms with Crippen molar-refractivity contribution in [3.05, 3.63) is 214 Å². The van der Waals surface area contributed by atoms with Gasteiger partial charge in [-0.1, -0.05) is 97.1 Å². The summed E-state index contributed by atoms with van der Waals surface area (Å²) in [6, 6.07) is 59.4. The van der Waals surface area contributed by atoms with Gasteiger partial charge in [0.1, 0.15) is 0 Å². The van der Waals surface area contributed by atoms with Crippen LogP contribution in [0.3, 0.4) is 0 Å². The molecular weight excluding hydrogens is 705 g/mol. The Balaban J connectivity index is 1.31. The molecule has 0 bridgehead atoms. The average Bonchev–Trinajstić information content (AvgIpc) is 3.27. The Morgan fingerprint density at radius 2 is 0.500 bits per heavy atom. The number of nitrogens with zero attached hydrogens (tertiary/aromatic N) is 4. The minimum Gasteiger partial charge on any atom is -0.248 e. The van der Waals surface area contributed by atoms with E-state index in [9.17, 15) is 0 Å². The third kappa shape index (κ3) is 6.11. The third-order valence-corrected chi connectivity index (χ3v) is 11.7. The maximum Gasteiger partial charge on any atom is 0.0748 e. The van der Waals surface area contributed by atoms with Crippen LogP contribution in [0.2, 0.25) is 0 Å². The summed E-state index contributed by atoms with van der Waals surface area (Å²) < 4.78 is 0. The minimum absolute atomic E-state index is 0.926. The number of rotatable bonds is 4. The van der Waals surface area contributed by atoms with E-state index >= 15 is 0 Å². The first kappa shape index (κ1) is 35.1. The van der Waals surface area contributed by atoms with E-state index < -0.39 is 0 Å². The van der Waals surface area contributed by atoms with Crippen LogP contribution >= 0.6 is 0 Å². The van der Waals surface area contributed by atoms with Crippen LogP contribution in [0, 0.1) is 27.7 Å². The van der Waals surface area contributed by atoms with Gasteiger partial charge in [-0.05, 0) is 155 Å². The molecule has 4 heteroatoms. The van der Waals surface area contributed by atoms with Gasteiger partial charge in [-0.15, -0.1) is 0 Å². The molecule has 0 fully saturated rings. The Morgan fingerprint density at radius 1 is 0.241 bits per heavy atom. The molecule has 0 spiro atoms. The summed E-state index contributed by atoms with van der Waals surface area (Å²) >= 11 is 0. The molecule has 58 heavy (non-hydrogen) atoms. The number of fused-ring (bicyclic) bond motifs is 7. The summed E-state index contributed by atoms with van der Waals surface area (Å²) in [5, 5.41) is 15.3. The van der Waals surface area contributed by atoms with Crippen LogP contribution in [0.4, 0.5) is 22.7 Å². The van der Waals surface area contributed by atoms with Crippen LogP contribution in [-0.2, 0) is 0 Å². The fourth-order valence-electron chi connectivity index (χ4n) is 8.38. The molecule has 0 amide bonds. The van der Waals surface area contributed by atoms with E-state index in [4.69, 9.17) is 20.0 Å². The highest BCUT2D eigenvalue weighted by Gasteiger charge is 2.15. The normalized spacial score (nSPS) is 13.2. The van der Waals surface area contributed by atoms with Crippen LogP contribution in [-0.4, -0.2) is 0 Å². The van der Waals surface area contributed by atoms with Gasteiger partial charge >= 0.3 is 0 Å². The van der Waals surface area contributed by atoms with Crippen molar-refractivity contribution in [3.63, 3.8) is 0 Å². The standard InChI is InChI=1S/C54H40N4/c1-33-35(3)53(57-41-21-13-7-14-22-41)49-31-45-37(29-47(49)51(33)55-39-17-9-5-10-18-39)25-27-44-43(45)28-26-38-30-48-50(32-46(38)44)54(58-42-23-15-8-16-24-42)36(4)34(2)52(48)56-40-19-11-6-12-20-40/h5-32H,1-4H3/b55-51+,56-52?,57-53+,58-54-. The Morgan fingerprint density at radius 3 is 0.776 bits per heavy atom. The highest BCUT2D eigenvalue weighted by molar-refractivity contribution is 6.21. The first-order valence-electron chi connectivity index (χ1n) is 19.8. The minimum atomic E-state index is 0.926. The molecule has 10 aromatic carbocycles. The summed E-state index contributed by atoms with van der Waals surface area (Å²) in [4.78, 5) is 21.1. The second kappa shape index (κ2) is 14.3. The number of hydrogen-bond acceptors (Lipinski definition) is 4. The topological polar surface area (TPSA) is 49.4 Å². The van der Waals surface area contributed by atoms with Gasteiger partial charge in [0.2, 0.25) is 0 Å². The fraction of sp³-hybridized carbons (Fsp3) is 0.0741. The highest BCUT2D eigenvalue weighted by atomic mass is 14.8. The van der Waals surface area contributed by atoms with Gasteiger partial charge in [0.25, 0.3) is 0 Å². The maximum absolute atomic E-state index is 5.29. The Labute approximate surface area is 336 Å². The molecule has 0 aromatic heterocycles. The van der Waals surface area contributed by atoms with Crippen LogP contribution in [0.5, 0.6) is 0 Å². The van der Waals surface area contributed by atoms with E-state index in [1.54, 1.807) is 0 Å². The summed E-state index contributed by atoms with van der Waals surface area (Å²) in [5.41, 5.74) is 8.22. The molecule has 10 aromatic rings. The van der Waals surface area contributed by atoms with Gasteiger partial charge in [-0.2, -0.15) is 0 Å². The molecule has 276 valence electrons. The molecule has 0 saturated heterocycles. The van der Waals surface area contributed by atoms with Crippen LogP contribution in [0.25, 0.3) is 53.9 Å². The monoisotopic (exact) mass is 744 g/mol. The molecule has 0 unspecified atom stereocenters. The van der Waals surface area contributed by atoms with Crippen molar-refractivity contribution in [2.75, 3.05) is 0 Å². The lowest BCUT2D eigenvalue weighted by molar-refractivity contribution is 1.20. The van der Waals surface area contributed by atoms with Gasteiger partial charge < -0.3 is 0 Å². The summed E-state index contributed by atoms with van der Waals surface area (Å²) in [5.74, 6) is 0. The van der Waals surface area contributed by atoms with Crippen LogP contribution in [0.15, 0.2) is 190 Å². The molecule has 0 saturated carbocycles. The summed E-state index contributed by atoms with van der Waals surface area (Å²) in [6.45, 7) is 8.68. The van der Waals surface area contributed by atoms with Crippen molar-refractivity contribution in [1.82, 2.24) is 0 Å². The molecule has 10 rings (SSSR count). The third-order valence-electron chi connectivity index (χ3n) is 11.7. The van der Waals surface area contributed by atoms with Gasteiger partial charge in [-0.3, -0.25) is 0 Å². The molecule has 0 N–H and O–H groups in total. The zero-order valence-electron chi connectivity index (χ0n) is 33.0. The Bertz CT molecular complexity index is 3270. The molecule has 0 aliphatic heterocycles. The van der Waals surface area contributed by atoms with Crippen molar-refractivity contribution in [2.45, 2.75) is 27.7 Å². The first-order chi connectivity index (χ1) is 28.4. The summed E-state index contributed by atoms with van der Waals surface area (Å²) in [7, 11) is 0. The molecular formula is C54H40N4. The van der Waals surface area contributed by atoms with Crippen molar-refractivity contribution in [2.24, 2.45) is 20.0 Å². The predicted molar refractivity (Wildman–Crippen MR) is 242 cm³/mol. The van der Waals surface area contributed by atoms with Gasteiger partial charge in [-0.25, -0.2) is 20.0 Å². The van der Waals surface area contributed by atoms with Crippen molar-refractivity contribution >= 4 is 76.6 Å². The summed E-state index contributed by atoms with van der Waals surface area (Å²) in [6.07, 6.45) is 0. The van der Waals surface area contributed by atoms with Crippen LogP contribution in [0.1, 0.15) is 22.3 Å². The lowest BCUT2D eigenvalue weighted by Crippen LogP contribution is -2.20. The van der Waals surface area contributed by atoms with Crippen molar-refractivity contribution in [1.29, 1.82) is 0 Å². The second-order valence-electron chi connectivity index (χ2n) is 15.1. The highest BCUT2D eigenvalue weighted by Crippen LogP contribution is 2.35. The number of hydrogen-bond donors (Lipinski definition) is 0. The van der Waals surface area contributed by atoms with Crippen molar-refractivity contribution in [3.8, 4) is 0 Å². The maximum atomic E-state index is 5.29. The number of benzene rings is 10. The van der Waals surface area contributed by atoms with E-state index in [1.165, 1.54) is 21.5 Å². The van der Waals surface area contributed by atoms with Gasteiger partial charge in [0.05, 0.1) is 44.2 Å². The Kier molecular flexibility index (Phi) is 8.68. The predicted octanol–water partition coefficient (Wildman–Crippen LogP) is 12.5. The molecule has 0 aliphatic carbocycles. The molecule has 4 nitrogen and oxygen atoms in total. The quantitative estimate of drug-likeness (QED) is 0.127. The van der Waals surface area contributed by atoms with E-state index in [-0.39, 0.29) is 0 Å². The largest absolute Gasteiger partial charge is 0.248 e. The first-order valence-corrected chi connectivity index (χ1v) is 19.8. The van der Waals surface area contributed by atoms with Crippen molar-refractivity contribution < 1.29 is 0 Å². The van der Waals surface area contributed by atoms with E-state index in [2.05, 4.69) is 125 Å². The Hall–Kier alpha value is -7.30.